The van der Waals surface area contributed by atoms with Crippen LogP contribution in [0.4, 0.5) is 15.9 Å². The molecule has 0 saturated carbocycles. The fraction of sp³-hybridized carbons (Fsp3) is 0.385. The molecule has 1 atom stereocenters. The van der Waals surface area contributed by atoms with Gasteiger partial charge in [0.15, 0.2) is 0 Å². The average molecular weight is 450 g/mol. The third-order valence-electron chi connectivity index (χ3n) is 6.01. The van der Waals surface area contributed by atoms with Gasteiger partial charge in [-0.05, 0) is 62.6 Å². The quantitative estimate of drug-likeness (QED) is 0.564. The largest absolute Gasteiger partial charge is 0.340 e. The van der Waals surface area contributed by atoms with E-state index in [2.05, 4.69) is 23.7 Å². The molecule has 1 aliphatic rings. The van der Waals surface area contributed by atoms with E-state index in [0.717, 1.165) is 28.6 Å². The van der Waals surface area contributed by atoms with Crippen molar-refractivity contribution in [1.82, 2.24) is 14.5 Å². The molecular weight excluding hydrogens is 417 g/mol. The van der Waals surface area contributed by atoms with Gasteiger partial charge in [0.05, 0.1) is 12.1 Å². The van der Waals surface area contributed by atoms with Crippen LogP contribution in [0.1, 0.15) is 38.6 Å². The van der Waals surface area contributed by atoms with Crippen molar-refractivity contribution in [3.63, 3.8) is 0 Å². The highest BCUT2D eigenvalue weighted by Gasteiger charge is 2.36. The Morgan fingerprint density at radius 2 is 1.82 bits per heavy atom. The lowest BCUT2D eigenvalue weighted by Crippen LogP contribution is -2.55. The number of aryl methyl sites for hydroxylation is 1. The maximum atomic E-state index is 13.6. The zero-order valence-corrected chi connectivity index (χ0v) is 19.7. The molecule has 0 spiro atoms. The smallest absolute Gasteiger partial charge is 0.242 e. The lowest BCUT2D eigenvalue weighted by atomic mass is 9.90. The van der Waals surface area contributed by atoms with Gasteiger partial charge in [0.1, 0.15) is 23.2 Å². The normalized spacial score (nSPS) is 15.3. The third-order valence-corrected chi connectivity index (χ3v) is 6.01. The van der Waals surface area contributed by atoms with Crippen molar-refractivity contribution in [1.29, 1.82) is 0 Å². The van der Waals surface area contributed by atoms with Crippen LogP contribution in [0, 0.1) is 18.7 Å². The van der Waals surface area contributed by atoms with Crippen LogP contribution < -0.4 is 11.1 Å². The predicted octanol–water partition coefficient (Wildman–Crippen LogP) is 4.85. The molecule has 1 aromatic heterocycles. The molecular formula is C26H32FN5O. The summed E-state index contributed by atoms with van der Waals surface area (Å²) < 4.78 is 15.7. The van der Waals surface area contributed by atoms with Gasteiger partial charge in [-0.15, -0.1) is 0 Å². The Morgan fingerprint density at radius 3 is 2.45 bits per heavy atom. The number of nitrogens with one attached hydrogen (secondary N) is 1. The van der Waals surface area contributed by atoms with E-state index in [1.807, 2.05) is 38.1 Å². The highest BCUT2D eigenvalue weighted by atomic mass is 19.1. The van der Waals surface area contributed by atoms with E-state index in [4.69, 9.17) is 10.7 Å². The Kier molecular flexibility index (Phi) is 6.26. The fourth-order valence-electron chi connectivity index (χ4n) is 4.51. The summed E-state index contributed by atoms with van der Waals surface area (Å²) in [5.41, 5.74) is 9.15. The zero-order chi connectivity index (χ0) is 23.8. The molecule has 0 radical (unpaired) electrons. The molecule has 33 heavy (non-hydrogen) atoms. The van der Waals surface area contributed by atoms with Crippen molar-refractivity contribution in [3.05, 3.63) is 65.7 Å². The van der Waals surface area contributed by atoms with E-state index >= 15 is 0 Å². The molecule has 1 amide bonds. The number of hydrogen-bond donors (Lipinski definition) is 2. The minimum absolute atomic E-state index is 0.0539. The average Bonchev–Trinajstić information content (AvgIpc) is 3.12. The number of fused-ring (bicyclic) bond motifs is 1. The minimum Gasteiger partial charge on any atom is -0.340 e. The topological polar surface area (TPSA) is 76.2 Å². The van der Waals surface area contributed by atoms with Crippen LogP contribution in [0.5, 0.6) is 0 Å². The molecule has 2 heterocycles. The van der Waals surface area contributed by atoms with Crippen LogP contribution in [0.2, 0.25) is 0 Å². The van der Waals surface area contributed by atoms with E-state index in [0.29, 0.717) is 32.0 Å². The van der Waals surface area contributed by atoms with Crippen molar-refractivity contribution < 1.29 is 9.18 Å². The Labute approximate surface area is 194 Å². The van der Waals surface area contributed by atoms with Crippen molar-refractivity contribution in [2.45, 2.75) is 52.7 Å². The van der Waals surface area contributed by atoms with Crippen LogP contribution >= 0.6 is 0 Å². The molecule has 0 saturated heterocycles. The number of carbonyl (C=O) groups excluding carboxylic acids is 1. The second kappa shape index (κ2) is 8.98. The summed E-state index contributed by atoms with van der Waals surface area (Å²) >= 11 is 0. The van der Waals surface area contributed by atoms with E-state index in [9.17, 15) is 9.18 Å². The Hall–Kier alpha value is -3.19. The summed E-state index contributed by atoms with van der Waals surface area (Å²) in [7, 11) is 0. The van der Waals surface area contributed by atoms with E-state index in [1.165, 1.54) is 17.7 Å². The van der Waals surface area contributed by atoms with Crippen LogP contribution in [0.3, 0.4) is 0 Å². The van der Waals surface area contributed by atoms with Crippen LogP contribution in [-0.2, 0) is 17.9 Å². The molecule has 4 rings (SSSR count). The SMILES string of the molecule is Cc1ccc(Nc2c(-c3ccc(F)cc3)nc3n2CCN(C(=O)C(C)(N)CC(C)C)C3)cc1. The molecule has 0 fully saturated rings. The number of imidazole rings is 1. The second-order valence-corrected chi connectivity index (χ2v) is 9.62. The molecule has 1 unspecified atom stereocenters. The van der Waals surface area contributed by atoms with Gasteiger partial charge in [0.25, 0.3) is 0 Å². The molecule has 6 nitrogen and oxygen atoms in total. The molecule has 2 aromatic carbocycles. The Bertz CT molecular complexity index is 1130. The summed E-state index contributed by atoms with van der Waals surface area (Å²) in [6, 6.07) is 14.5. The van der Waals surface area contributed by atoms with E-state index < -0.39 is 5.54 Å². The van der Waals surface area contributed by atoms with Crippen molar-refractivity contribution in [2.24, 2.45) is 11.7 Å². The summed E-state index contributed by atoms with van der Waals surface area (Å²) in [6.45, 7) is 9.53. The molecule has 3 aromatic rings. The van der Waals surface area contributed by atoms with Crippen LogP contribution in [0.15, 0.2) is 48.5 Å². The summed E-state index contributed by atoms with van der Waals surface area (Å²) in [4.78, 5) is 19.9. The van der Waals surface area contributed by atoms with Gasteiger partial charge in [-0.1, -0.05) is 31.5 Å². The number of nitrogens with zero attached hydrogens (tertiary/aromatic N) is 3. The first-order chi connectivity index (χ1) is 15.6. The van der Waals surface area contributed by atoms with Gasteiger partial charge >= 0.3 is 0 Å². The van der Waals surface area contributed by atoms with Gasteiger partial charge in [0.2, 0.25) is 5.91 Å². The standard InChI is InChI=1S/C26H32FN5O/c1-17(2)15-26(4,28)25(33)31-13-14-32-22(16-31)30-23(19-7-9-20(27)10-8-19)24(32)29-21-11-5-18(3)6-12-21/h5-12,17,29H,13-16,28H2,1-4H3. The number of rotatable bonds is 6. The molecule has 174 valence electrons. The number of halogens is 1. The first-order valence-corrected chi connectivity index (χ1v) is 11.4. The maximum absolute atomic E-state index is 13.6. The zero-order valence-electron chi connectivity index (χ0n) is 19.7. The first-order valence-electron chi connectivity index (χ1n) is 11.4. The number of aromatic nitrogens is 2. The van der Waals surface area contributed by atoms with Crippen LogP contribution in [-0.4, -0.2) is 32.4 Å². The minimum atomic E-state index is -0.911. The highest BCUT2D eigenvalue weighted by molar-refractivity contribution is 5.86. The van der Waals surface area contributed by atoms with E-state index in [1.54, 1.807) is 17.0 Å². The molecule has 3 N–H and O–H groups in total. The van der Waals surface area contributed by atoms with Crippen molar-refractivity contribution >= 4 is 17.4 Å². The number of amides is 1. The summed E-state index contributed by atoms with van der Waals surface area (Å²) in [6.07, 6.45) is 0.623. The van der Waals surface area contributed by atoms with Gasteiger partial charge in [-0.2, -0.15) is 0 Å². The second-order valence-electron chi connectivity index (χ2n) is 9.62. The van der Waals surface area contributed by atoms with Crippen molar-refractivity contribution in [2.75, 3.05) is 11.9 Å². The van der Waals surface area contributed by atoms with Gasteiger partial charge in [-0.25, -0.2) is 9.37 Å². The van der Waals surface area contributed by atoms with Gasteiger partial charge < -0.3 is 20.5 Å². The highest BCUT2D eigenvalue weighted by Crippen LogP contribution is 2.34. The molecule has 0 bridgehead atoms. The molecule has 0 aliphatic carbocycles. The Morgan fingerprint density at radius 1 is 1.15 bits per heavy atom. The fourth-order valence-corrected chi connectivity index (χ4v) is 4.51. The van der Waals surface area contributed by atoms with Crippen LogP contribution in [0.25, 0.3) is 11.3 Å². The lowest BCUT2D eigenvalue weighted by Gasteiger charge is -2.35. The lowest BCUT2D eigenvalue weighted by molar-refractivity contribution is -0.138. The number of nitrogens with two attached hydrogens (primary N) is 1. The van der Waals surface area contributed by atoms with Crippen molar-refractivity contribution in [3.8, 4) is 11.3 Å². The third kappa shape index (κ3) is 4.93. The maximum Gasteiger partial charge on any atom is 0.242 e. The first kappa shape index (κ1) is 23.0. The monoisotopic (exact) mass is 449 g/mol. The predicted molar refractivity (Wildman–Crippen MR) is 130 cm³/mol. The van der Waals surface area contributed by atoms with Gasteiger partial charge in [-0.3, -0.25) is 4.79 Å². The number of benzene rings is 2. The number of anilines is 2. The molecule has 7 heteroatoms. The molecule has 1 aliphatic heterocycles. The van der Waals surface area contributed by atoms with E-state index in [-0.39, 0.29) is 11.7 Å². The number of hydrogen-bond acceptors (Lipinski definition) is 4. The number of carbonyl (C=O) groups is 1. The van der Waals surface area contributed by atoms with Gasteiger partial charge in [0, 0.05) is 24.3 Å². The summed E-state index contributed by atoms with van der Waals surface area (Å²) in [5, 5.41) is 3.50. The Balaban J connectivity index is 1.69. The summed E-state index contributed by atoms with van der Waals surface area (Å²) in [5.74, 6) is 1.60.